The number of nitrogens with zero attached hydrogens (tertiary/aromatic N) is 2. The van der Waals surface area contributed by atoms with E-state index in [1.54, 1.807) is 0 Å². The van der Waals surface area contributed by atoms with Crippen molar-refractivity contribution in [1.82, 2.24) is 15.1 Å². The lowest BCUT2D eigenvalue weighted by atomic mass is 9.69. The number of hydrogen-bond acceptors (Lipinski definition) is 2. The molecule has 0 radical (unpaired) electrons. The fraction of sp³-hybridized carbons (Fsp3) is 0.824. The Morgan fingerprint density at radius 2 is 2.10 bits per heavy atom. The van der Waals surface area contributed by atoms with Crippen molar-refractivity contribution in [1.29, 1.82) is 0 Å². The van der Waals surface area contributed by atoms with E-state index in [-0.39, 0.29) is 0 Å². The summed E-state index contributed by atoms with van der Waals surface area (Å²) < 4.78 is 2.21. The second kappa shape index (κ2) is 6.30. The summed E-state index contributed by atoms with van der Waals surface area (Å²) in [5, 5.41) is 8.43. The van der Waals surface area contributed by atoms with Crippen LogP contribution in [0, 0.1) is 18.3 Å². The molecule has 0 amide bonds. The molecule has 1 N–H and O–H groups in total. The minimum absolute atomic E-state index is 0.399. The van der Waals surface area contributed by atoms with Crippen molar-refractivity contribution in [2.75, 3.05) is 6.54 Å². The van der Waals surface area contributed by atoms with Crippen LogP contribution in [0.25, 0.3) is 0 Å². The lowest BCUT2D eigenvalue weighted by Crippen LogP contribution is -2.44. The molecule has 1 aliphatic carbocycles. The largest absolute Gasteiger partial charge is 0.312 e. The Hall–Kier alpha value is -0.830. The van der Waals surface area contributed by atoms with Crippen LogP contribution in [0.2, 0.25) is 0 Å². The molecule has 0 aromatic carbocycles. The van der Waals surface area contributed by atoms with Crippen LogP contribution in [-0.2, 0) is 0 Å². The van der Waals surface area contributed by atoms with Gasteiger partial charge in [-0.3, -0.25) is 4.68 Å². The summed E-state index contributed by atoms with van der Waals surface area (Å²) in [6.07, 6.45) is 7.20. The molecule has 0 saturated heterocycles. The quantitative estimate of drug-likeness (QED) is 0.903. The first-order valence-electron chi connectivity index (χ1n) is 8.17. The van der Waals surface area contributed by atoms with Crippen molar-refractivity contribution in [2.45, 2.75) is 72.4 Å². The SMILES string of the molecule is CCCNC1CCC(C(C)(C)C)CC1n1ccc(C)n1. The van der Waals surface area contributed by atoms with Crippen LogP contribution < -0.4 is 5.32 Å². The standard InChI is InChI=1S/C17H31N3/c1-6-10-18-15-8-7-14(17(3,4)5)12-16(15)20-11-9-13(2)19-20/h9,11,14-16,18H,6-8,10,12H2,1-5H3. The van der Waals surface area contributed by atoms with Gasteiger partial charge in [-0.05, 0) is 56.6 Å². The molecule has 1 aromatic heterocycles. The summed E-state index contributed by atoms with van der Waals surface area (Å²) in [4.78, 5) is 0. The molecule has 3 nitrogen and oxygen atoms in total. The first kappa shape index (κ1) is 15.6. The number of aromatic nitrogens is 2. The van der Waals surface area contributed by atoms with E-state index in [4.69, 9.17) is 0 Å². The van der Waals surface area contributed by atoms with Crippen molar-refractivity contribution < 1.29 is 0 Å². The van der Waals surface area contributed by atoms with Gasteiger partial charge in [0.1, 0.15) is 0 Å². The predicted octanol–water partition coefficient (Wildman–Crippen LogP) is 3.95. The van der Waals surface area contributed by atoms with Gasteiger partial charge in [0, 0.05) is 12.2 Å². The lowest BCUT2D eigenvalue weighted by Gasteiger charge is -2.42. The molecule has 2 rings (SSSR count). The molecule has 3 atom stereocenters. The van der Waals surface area contributed by atoms with E-state index in [2.05, 4.69) is 62.0 Å². The molecule has 0 aliphatic heterocycles. The Bertz CT molecular complexity index is 416. The Morgan fingerprint density at radius 3 is 2.65 bits per heavy atom. The van der Waals surface area contributed by atoms with Gasteiger partial charge in [-0.2, -0.15) is 5.10 Å². The molecule has 3 unspecified atom stereocenters. The van der Waals surface area contributed by atoms with Crippen LogP contribution in [0.1, 0.15) is 65.1 Å². The Labute approximate surface area is 124 Å². The van der Waals surface area contributed by atoms with Crippen LogP contribution >= 0.6 is 0 Å². The maximum atomic E-state index is 4.69. The Kier molecular flexibility index (Phi) is 4.90. The highest BCUT2D eigenvalue weighted by Crippen LogP contribution is 2.42. The van der Waals surface area contributed by atoms with Crippen LogP contribution in [0.15, 0.2) is 12.3 Å². The van der Waals surface area contributed by atoms with Crippen LogP contribution in [-0.4, -0.2) is 22.4 Å². The highest BCUT2D eigenvalue weighted by Gasteiger charge is 2.36. The average molecular weight is 277 g/mol. The monoisotopic (exact) mass is 277 g/mol. The highest BCUT2D eigenvalue weighted by atomic mass is 15.3. The van der Waals surface area contributed by atoms with E-state index in [1.165, 1.54) is 25.7 Å². The molecule has 20 heavy (non-hydrogen) atoms. The van der Waals surface area contributed by atoms with Crippen molar-refractivity contribution in [2.24, 2.45) is 11.3 Å². The minimum atomic E-state index is 0.399. The number of rotatable bonds is 4. The van der Waals surface area contributed by atoms with E-state index in [0.29, 0.717) is 17.5 Å². The van der Waals surface area contributed by atoms with Gasteiger partial charge in [0.25, 0.3) is 0 Å². The first-order chi connectivity index (χ1) is 9.41. The van der Waals surface area contributed by atoms with E-state index >= 15 is 0 Å². The van der Waals surface area contributed by atoms with Gasteiger partial charge >= 0.3 is 0 Å². The fourth-order valence-electron chi connectivity index (χ4n) is 3.41. The van der Waals surface area contributed by atoms with Gasteiger partial charge < -0.3 is 5.32 Å². The molecular formula is C17H31N3. The average Bonchev–Trinajstić information content (AvgIpc) is 2.81. The molecule has 0 spiro atoms. The van der Waals surface area contributed by atoms with Gasteiger partial charge in [-0.25, -0.2) is 0 Å². The zero-order chi connectivity index (χ0) is 14.8. The van der Waals surface area contributed by atoms with Crippen molar-refractivity contribution in [3.8, 4) is 0 Å². The lowest BCUT2D eigenvalue weighted by molar-refractivity contribution is 0.112. The predicted molar refractivity (Wildman–Crippen MR) is 84.9 cm³/mol. The van der Waals surface area contributed by atoms with Gasteiger partial charge in [-0.1, -0.05) is 27.7 Å². The Balaban J connectivity index is 2.14. The summed E-state index contributed by atoms with van der Waals surface area (Å²) in [5.41, 5.74) is 1.52. The summed E-state index contributed by atoms with van der Waals surface area (Å²) in [7, 11) is 0. The molecule has 1 saturated carbocycles. The molecular weight excluding hydrogens is 246 g/mol. The highest BCUT2D eigenvalue weighted by molar-refractivity contribution is 4.99. The topological polar surface area (TPSA) is 29.9 Å². The number of hydrogen-bond donors (Lipinski definition) is 1. The number of nitrogens with one attached hydrogen (secondary N) is 1. The summed E-state index contributed by atoms with van der Waals surface area (Å²) >= 11 is 0. The van der Waals surface area contributed by atoms with Gasteiger partial charge in [0.2, 0.25) is 0 Å². The van der Waals surface area contributed by atoms with Gasteiger partial charge in [-0.15, -0.1) is 0 Å². The smallest absolute Gasteiger partial charge is 0.0675 e. The van der Waals surface area contributed by atoms with Crippen LogP contribution in [0.5, 0.6) is 0 Å². The third-order valence-corrected chi connectivity index (χ3v) is 4.78. The Morgan fingerprint density at radius 1 is 1.35 bits per heavy atom. The van der Waals surface area contributed by atoms with Crippen LogP contribution in [0.4, 0.5) is 0 Å². The molecule has 1 aromatic rings. The molecule has 1 aliphatic rings. The number of aryl methyl sites for hydroxylation is 1. The van der Waals surface area contributed by atoms with Crippen LogP contribution in [0.3, 0.4) is 0 Å². The normalized spacial score (nSPS) is 27.8. The molecule has 114 valence electrons. The van der Waals surface area contributed by atoms with Crippen molar-refractivity contribution in [3.63, 3.8) is 0 Å². The molecule has 1 heterocycles. The third kappa shape index (κ3) is 3.63. The van der Waals surface area contributed by atoms with Gasteiger partial charge in [0.05, 0.1) is 11.7 Å². The zero-order valence-corrected chi connectivity index (χ0v) is 13.8. The molecule has 3 heteroatoms. The van der Waals surface area contributed by atoms with Crippen molar-refractivity contribution in [3.05, 3.63) is 18.0 Å². The first-order valence-corrected chi connectivity index (χ1v) is 8.17. The van der Waals surface area contributed by atoms with E-state index in [1.807, 2.05) is 0 Å². The molecule has 1 fully saturated rings. The summed E-state index contributed by atoms with van der Waals surface area (Å²) in [5.74, 6) is 0.789. The minimum Gasteiger partial charge on any atom is -0.312 e. The van der Waals surface area contributed by atoms with Crippen molar-refractivity contribution >= 4 is 0 Å². The summed E-state index contributed by atoms with van der Waals surface area (Å²) in [6, 6.07) is 3.21. The maximum absolute atomic E-state index is 4.69. The van der Waals surface area contributed by atoms with E-state index in [0.717, 1.165) is 18.2 Å². The maximum Gasteiger partial charge on any atom is 0.0675 e. The third-order valence-electron chi connectivity index (χ3n) is 4.78. The van der Waals surface area contributed by atoms with E-state index < -0.39 is 0 Å². The summed E-state index contributed by atoms with van der Waals surface area (Å²) in [6.45, 7) is 12.6. The second-order valence-corrected chi connectivity index (χ2v) is 7.44. The molecule has 0 bridgehead atoms. The zero-order valence-electron chi connectivity index (χ0n) is 13.8. The van der Waals surface area contributed by atoms with Gasteiger partial charge in [0.15, 0.2) is 0 Å². The fourth-order valence-corrected chi connectivity index (χ4v) is 3.41. The second-order valence-electron chi connectivity index (χ2n) is 7.44. The van der Waals surface area contributed by atoms with E-state index in [9.17, 15) is 0 Å².